The first-order chi connectivity index (χ1) is 11.4. The molecule has 4 nitrogen and oxygen atoms in total. The average molecular weight is 464 g/mol. The Labute approximate surface area is 161 Å². The third-order valence-electron chi connectivity index (χ3n) is 3.03. The molecule has 2 aromatic carbocycles. The van der Waals surface area contributed by atoms with Gasteiger partial charge in [0.05, 0.1) is 4.90 Å². The Balaban J connectivity index is 1.93. The molecule has 9 heteroatoms. The van der Waals surface area contributed by atoms with Crippen molar-refractivity contribution in [2.24, 2.45) is 0 Å². The van der Waals surface area contributed by atoms with Crippen molar-refractivity contribution in [3.63, 3.8) is 0 Å². The van der Waals surface area contributed by atoms with Crippen LogP contribution in [0.5, 0.6) is 0 Å². The maximum Gasteiger partial charge on any atom is 0.226 e. The zero-order chi connectivity index (χ0) is 17.3. The summed E-state index contributed by atoms with van der Waals surface area (Å²) in [5, 5.41) is 3.72. The summed E-state index contributed by atoms with van der Waals surface area (Å²) in [4.78, 5) is 4.23. The van der Waals surface area contributed by atoms with Gasteiger partial charge in [-0.05, 0) is 48.5 Å². The summed E-state index contributed by atoms with van der Waals surface area (Å²) in [6.07, 6.45) is 0. The molecule has 0 saturated carbocycles. The number of halogens is 3. The lowest BCUT2D eigenvalue weighted by Crippen LogP contribution is -2.03. The van der Waals surface area contributed by atoms with E-state index >= 15 is 0 Å². The van der Waals surface area contributed by atoms with E-state index in [1.54, 1.807) is 0 Å². The summed E-state index contributed by atoms with van der Waals surface area (Å²) in [7, 11) is -3.80. The first-order valence-electron chi connectivity index (χ1n) is 6.56. The van der Waals surface area contributed by atoms with Crippen LogP contribution < -0.4 is 5.32 Å². The van der Waals surface area contributed by atoms with Crippen LogP contribution in [0.15, 0.2) is 62.9 Å². The van der Waals surface area contributed by atoms with Crippen molar-refractivity contribution in [3.05, 3.63) is 62.4 Å². The molecule has 0 unspecified atom stereocenters. The van der Waals surface area contributed by atoms with Crippen LogP contribution in [-0.4, -0.2) is 13.4 Å². The number of benzene rings is 2. The highest BCUT2D eigenvalue weighted by molar-refractivity contribution is 9.10. The molecule has 0 radical (unpaired) electrons. The Kier molecular flexibility index (Phi) is 5.17. The van der Waals surface area contributed by atoms with Crippen molar-refractivity contribution in [3.8, 4) is 0 Å². The van der Waals surface area contributed by atoms with E-state index in [0.29, 0.717) is 10.2 Å². The van der Waals surface area contributed by atoms with E-state index in [4.69, 9.17) is 23.2 Å². The van der Waals surface area contributed by atoms with Gasteiger partial charge in [-0.25, -0.2) is 13.4 Å². The Morgan fingerprint density at radius 2 is 1.62 bits per heavy atom. The van der Waals surface area contributed by atoms with Crippen LogP contribution in [0.1, 0.15) is 0 Å². The third kappa shape index (κ3) is 3.75. The second kappa shape index (κ2) is 7.01. The zero-order valence-corrected chi connectivity index (χ0v) is 16.6. The number of rotatable bonds is 4. The molecule has 0 aliphatic heterocycles. The van der Waals surface area contributed by atoms with E-state index < -0.39 is 9.84 Å². The largest absolute Gasteiger partial charge is 0.331 e. The van der Waals surface area contributed by atoms with Gasteiger partial charge in [0.15, 0.2) is 10.2 Å². The highest BCUT2D eigenvalue weighted by Gasteiger charge is 2.25. The second-order valence-electron chi connectivity index (χ2n) is 4.69. The first kappa shape index (κ1) is 17.7. The fourth-order valence-electron chi connectivity index (χ4n) is 1.89. The van der Waals surface area contributed by atoms with Gasteiger partial charge in [-0.1, -0.05) is 50.5 Å². The molecule has 0 saturated heterocycles. The summed E-state index contributed by atoms with van der Waals surface area (Å²) in [5.74, 6) is 0. The number of hydrogen-bond donors (Lipinski definition) is 1. The van der Waals surface area contributed by atoms with Gasteiger partial charge in [0.1, 0.15) is 4.34 Å². The highest BCUT2D eigenvalue weighted by Crippen LogP contribution is 2.36. The molecular weight excluding hydrogens is 455 g/mol. The molecule has 0 aliphatic carbocycles. The molecule has 1 aromatic heterocycles. The minimum Gasteiger partial charge on any atom is -0.331 e. The van der Waals surface area contributed by atoms with Crippen molar-refractivity contribution < 1.29 is 8.42 Å². The molecule has 0 amide bonds. The number of anilines is 2. The summed E-state index contributed by atoms with van der Waals surface area (Å²) >= 11 is 16.3. The Morgan fingerprint density at radius 1 is 1.00 bits per heavy atom. The minimum atomic E-state index is -3.80. The average Bonchev–Trinajstić information content (AvgIpc) is 2.91. The molecule has 24 heavy (non-hydrogen) atoms. The molecule has 3 aromatic rings. The molecule has 0 fully saturated rings. The smallest absolute Gasteiger partial charge is 0.226 e. The van der Waals surface area contributed by atoms with Gasteiger partial charge in [0.25, 0.3) is 0 Å². The molecular formula is C15H9BrCl2N2O2S2. The van der Waals surface area contributed by atoms with E-state index in [9.17, 15) is 8.42 Å². The van der Waals surface area contributed by atoms with Gasteiger partial charge < -0.3 is 5.32 Å². The van der Waals surface area contributed by atoms with Crippen LogP contribution >= 0.6 is 50.5 Å². The number of nitrogens with one attached hydrogen (secondary N) is 1. The molecule has 1 N–H and O–H groups in total. The standard InChI is InChI=1S/C15H9BrCl2N2O2S2/c16-9-1-5-11(6-2-9)19-15-20-14(13(18)23-15)24(21,22)12-7-3-10(17)4-8-12/h1-8H,(H,19,20). The number of hydrogen-bond acceptors (Lipinski definition) is 5. The summed E-state index contributed by atoms with van der Waals surface area (Å²) < 4.78 is 26.4. The van der Waals surface area contributed by atoms with E-state index in [0.717, 1.165) is 21.5 Å². The van der Waals surface area contributed by atoms with E-state index in [-0.39, 0.29) is 14.3 Å². The fraction of sp³-hybridized carbons (Fsp3) is 0. The summed E-state index contributed by atoms with van der Waals surface area (Å²) in [6, 6.07) is 13.3. The lowest BCUT2D eigenvalue weighted by Gasteiger charge is -2.03. The summed E-state index contributed by atoms with van der Waals surface area (Å²) in [6.45, 7) is 0. The maximum atomic E-state index is 12.7. The predicted octanol–water partition coefficient (Wildman–Crippen LogP) is 5.79. The number of aromatic nitrogens is 1. The van der Waals surface area contributed by atoms with Crippen molar-refractivity contribution in [1.82, 2.24) is 4.98 Å². The van der Waals surface area contributed by atoms with Crippen molar-refractivity contribution in [2.45, 2.75) is 9.92 Å². The second-order valence-corrected chi connectivity index (χ2v) is 9.51. The molecule has 124 valence electrons. The van der Waals surface area contributed by atoms with Gasteiger partial charge in [0, 0.05) is 15.2 Å². The fourth-order valence-corrected chi connectivity index (χ4v) is 5.11. The predicted molar refractivity (Wildman–Crippen MR) is 101 cm³/mol. The topological polar surface area (TPSA) is 59.1 Å². The van der Waals surface area contributed by atoms with Crippen LogP contribution in [0.4, 0.5) is 10.8 Å². The van der Waals surface area contributed by atoms with Gasteiger partial charge in [-0.2, -0.15) is 0 Å². The molecule has 0 bridgehead atoms. The Morgan fingerprint density at radius 3 is 2.25 bits per heavy atom. The molecule has 0 atom stereocenters. The van der Waals surface area contributed by atoms with Crippen LogP contribution in [0.25, 0.3) is 0 Å². The molecule has 0 spiro atoms. The van der Waals surface area contributed by atoms with Gasteiger partial charge in [-0.15, -0.1) is 0 Å². The molecule has 3 rings (SSSR count). The Bertz CT molecular complexity index is 972. The quantitative estimate of drug-likeness (QED) is 0.531. The molecule has 0 aliphatic rings. The van der Waals surface area contributed by atoms with Crippen LogP contribution in [-0.2, 0) is 9.84 Å². The van der Waals surface area contributed by atoms with E-state index in [2.05, 4.69) is 26.2 Å². The van der Waals surface area contributed by atoms with E-state index in [1.165, 1.54) is 24.3 Å². The van der Waals surface area contributed by atoms with Gasteiger partial charge in [-0.3, -0.25) is 0 Å². The number of sulfone groups is 1. The maximum absolute atomic E-state index is 12.7. The van der Waals surface area contributed by atoms with Crippen molar-refractivity contribution in [1.29, 1.82) is 0 Å². The lowest BCUT2D eigenvalue weighted by molar-refractivity contribution is 0.593. The zero-order valence-electron chi connectivity index (χ0n) is 11.8. The van der Waals surface area contributed by atoms with Gasteiger partial charge in [0.2, 0.25) is 9.84 Å². The first-order valence-corrected chi connectivity index (χ1v) is 10.4. The number of thiazole rings is 1. The Hall–Kier alpha value is -1.12. The van der Waals surface area contributed by atoms with Crippen molar-refractivity contribution in [2.75, 3.05) is 5.32 Å². The lowest BCUT2D eigenvalue weighted by atomic mass is 10.3. The number of nitrogens with zero attached hydrogens (tertiary/aromatic N) is 1. The summed E-state index contributed by atoms with van der Waals surface area (Å²) in [5.41, 5.74) is 0.777. The third-order valence-corrected chi connectivity index (χ3v) is 6.92. The normalized spacial score (nSPS) is 11.5. The van der Waals surface area contributed by atoms with Gasteiger partial charge >= 0.3 is 0 Å². The van der Waals surface area contributed by atoms with Crippen LogP contribution in [0.2, 0.25) is 9.36 Å². The van der Waals surface area contributed by atoms with Crippen LogP contribution in [0.3, 0.4) is 0 Å². The van der Waals surface area contributed by atoms with Crippen LogP contribution in [0, 0.1) is 0 Å². The SMILES string of the molecule is O=S(=O)(c1ccc(Cl)cc1)c1nc(Nc2ccc(Br)cc2)sc1Cl. The molecule has 1 heterocycles. The van der Waals surface area contributed by atoms with Crippen molar-refractivity contribution >= 4 is 71.1 Å². The highest BCUT2D eigenvalue weighted by atomic mass is 79.9. The van der Waals surface area contributed by atoms with E-state index in [1.807, 2.05) is 24.3 Å². The monoisotopic (exact) mass is 462 g/mol. The minimum absolute atomic E-state index is 0.0919.